The van der Waals surface area contributed by atoms with E-state index in [0.29, 0.717) is 0 Å². The molecule has 0 bridgehead atoms. The summed E-state index contributed by atoms with van der Waals surface area (Å²) in [6.45, 7) is 7.20. The minimum Gasteiger partial charge on any atom is -0.399 e. The van der Waals surface area contributed by atoms with Crippen molar-refractivity contribution in [2.45, 2.75) is 0 Å². The zero-order valence-electron chi connectivity index (χ0n) is 10.2. The minimum atomic E-state index is 0.769. The zero-order valence-corrected chi connectivity index (χ0v) is 10.2. The fourth-order valence-corrected chi connectivity index (χ4v) is 2.02. The summed E-state index contributed by atoms with van der Waals surface area (Å²) >= 11 is 0. The molecule has 17 heavy (non-hydrogen) atoms. The molecular weight excluding hydrogens is 214 g/mol. The van der Waals surface area contributed by atoms with Crippen molar-refractivity contribution in [2.75, 3.05) is 44.1 Å². The maximum atomic E-state index is 5.85. The highest BCUT2D eigenvalue weighted by Crippen LogP contribution is 2.25. The molecule has 1 aliphatic rings. The first kappa shape index (κ1) is 12.0. The number of hydrogen-bond donors (Lipinski definition) is 1. The number of nitrogen functional groups attached to an aromatic ring is 1. The molecule has 0 radical (unpaired) electrons. The quantitative estimate of drug-likeness (QED) is 0.805. The molecule has 0 saturated carbocycles. The molecule has 1 saturated heterocycles. The lowest BCUT2D eigenvalue weighted by molar-refractivity contribution is 0.0347. The average molecular weight is 233 g/mol. The van der Waals surface area contributed by atoms with Crippen LogP contribution in [0.25, 0.3) is 6.08 Å². The van der Waals surface area contributed by atoms with Crippen molar-refractivity contribution in [3.8, 4) is 0 Å². The molecule has 0 atom stereocenters. The Hall–Kier alpha value is -1.52. The van der Waals surface area contributed by atoms with E-state index in [2.05, 4.69) is 16.6 Å². The number of hydrazine groups is 1. The monoisotopic (exact) mass is 233 g/mol. The number of rotatable bonds is 3. The van der Waals surface area contributed by atoms with Crippen molar-refractivity contribution < 1.29 is 4.74 Å². The van der Waals surface area contributed by atoms with Gasteiger partial charge in [-0.15, -0.1) is 0 Å². The molecule has 1 fully saturated rings. The number of morpholine rings is 1. The Kier molecular flexibility index (Phi) is 3.66. The predicted molar refractivity (Wildman–Crippen MR) is 71.7 cm³/mol. The SMILES string of the molecule is C=Cc1ccc(N)cc1N(C)N1CCOCC1. The molecule has 0 spiro atoms. The lowest BCUT2D eigenvalue weighted by atomic mass is 10.1. The topological polar surface area (TPSA) is 41.7 Å². The van der Waals surface area contributed by atoms with Crippen molar-refractivity contribution >= 4 is 17.5 Å². The number of ether oxygens (including phenoxy) is 1. The highest BCUT2D eigenvalue weighted by Gasteiger charge is 2.17. The zero-order chi connectivity index (χ0) is 12.3. The summed E-state index contributed by atoms with van der Waals surface area (Å²) in [7, 11) is 2.05. The maximum Gasteiger partial charge on any atom is 0.0612 e. The van der Waals surface area contributed by atoms with Crippen LogP contribution in [-0.4, -0.2) is 38.4 Å². The molecule has 4 nitrogen and oxygen atoms in total. The molecule has 2 N–H and O–H groups in total. The number of benzene rings is 1. The van der Waals surface area contributed by atoms with Crippen LogP contribution >= 0.6 is 0 Å². The molecule has 1 aliphatic heterocycles. The fourth-order valence-electron chi connectivity index (χ4n) is 2.02. The Balaban J connectivity index is 2.24. The molecule has 0 amide bonds. The second kappa shape index (κ2) is 5.21. The Morgan fingerprint density at radius 3 is 2.76 bits per heavy atom. The first-order chi connectivity index (χ1) is 8.22. The predicted octanol–water partition coefficient (Wildman–Crippen LogP) is 1.60. The highest BCUT2D eigenvalue weighted by atomic mass is 16.5. The molecule has 1 aromatic rings. The first-order valence-electron chi connectivity index (χ1n) is 5.80. The Bertz CT molecular complexity index is 400. The number of nitrogens with zero attached hydrogens (tertiary/aromatic N) is 2. The van der Waals surface area contributed by atoms with Gasteiger partial charge in [-0.2, -0.15) is 0 Å². The molecule has 1 aromatic carbocycles. The fraction of sp³-hybridized carbons (Fsp3) is 0.385. The van der Waals surface area contributed by atoms with E-state index in [1.54, 1.807) is 0 Å². The molecule has 92 valence electrons. The van der Waals surface area contributed by atoms with E-state index >= 15 is 0 Å². The third-order valence-electron chi connectivity index (χ3n) is 3.03. The first-order valence-corrected chi connectivity index (χ1v) is 5.80. The van der Waals surface area contributed by atoms with Gasteiger partial charge in [0.1, 0.15) is 0 Å². The number of nitrogens with two attached hydrogens (primary N) is 1. The van der Waals surface area contributed by atoms with Crippen LogP contribution in [0.1, 0.15) is 5.56 Å². The van der Waals surface area contributed by atoms with E-state index in [0.717, 1.165) is 43.2 Å². The van der Waals surface area contributed by atoms with E-state index in [4.69, 9.17) is 10.5 Å². The van der Waals surface area contributed by atoms with Crippen LogP contribution in [0.5, 0.6) is 0 Å². The summed E-state index contributed by atoms with van der Waals surface area (Å²) in [5.41, 5.74) is 8.79. The largest absolute Gasteiger partial charge is 0.399 e. The van der Waals surface area contributed by atoms with Gasteiger partial charge < -0.3 is 15.5 Å². The summed E-state index contributed by atoms with van der Waals surface area (Å²) in [5.74, 6) is 0. The van der Waals surface area contributed by atoms with Gasteiger partial charge in [0.25, 0.3) is 0 Å². The van der Waals surface area contributed by atoms with Crippen LogP contribution in [0.2, 0.25) is 0 Å². The third-order valence-corrected chi connectivity index (χ3v) is 3.03. The normalized spacial score (nSPS) is 16.8. The van der Waals surface area contributed by atoms with Crippen molar-refractivity contribution in [3.63, 3.8) is 0 Å². The summed E-state index contributed by atoms with van der Waals surface area (Å²) in [4.78, 5) is 0. The van der Waals surface area contributed by atoms with E-state index in [-0.39, 0.29) is 0 Å². The smallest absolute Gasteiger partial charge is 0.0612 e. The molecule has 1 heterocycles. The van der Waals surface area contributed by atoms with Crippen molar-refractivity contribution in [1.29, 1.82) is 0 Å². The van der Waals surface area contributed by atoms with Gasteiger partial charge in [-0.25, -0.2) is 5.01 Å². The van der Waals surface area contributed by atoms with Gasteiger partial charge in [0.15, 0.2) is 0 Å². The molecule has 0 aliphatic carbocycles. The summed E-state index contributed by atoms with van der Waals surface area (Å²) in [6.07, 6.45) is 1.85. The second-order valence-corrected chi connectivity index (χ2v) is 4.11. The Morgan fingerprint density at radius 2 is 2.12 bits per heavy atom. The molecule has 0 unspecified atom stereocenters. The molecule has 4 heteroatoms. The highest BCUT2D eigenvalue weighted by molar-refractivity contribution is 5.70. The van der Waals surface area contributed by atoms with Crippen molar-refractivity contribution in [2.24, 2.45) is 0 Å². The van der Waals surface area contributed by atoms with E-state index in [1.165, 1.54) is 0 Å². The Morgan fingerprint density at radius 1 is 1.41 bits per heavy atom. The van der Waals surface area contributed by atoms with E-state index in [9.17, 15) is 0 Å². The van der Waals surface area contributed by atoms with Gasteiger partial charge >= 0.3 is 0 Å². The van der Waals surface area contributed by atoms with Crippen LogP contribution in [-0.2, 0) is 4.74 Å². The molecule has 0 aromatic heterocycles. The summed E-state index contributed by atoms with van der Waals surface area (Å²) in [6, 6.07) is 5.87. The van der Waals surface area contributed by atoms with Gasteiger partial charge in [-0.3, -0.25) is 0 Å². The van der Waals surface area contributed by atoms with Crippen molar-refractivity contribution in [1.82, 2.24) is 5.01 Å². The van der Waals surface area contributed by atoms with Gasteiger partial charge in [0.2, 0.25) is 0 Å². The average Bonchev–Trinajstić information content (AvgIpc) is 2.39. The summed E-state index contributed by atoms with van der Waals surface area (Å²) in [5, 5.41) is 4.39. The van der Waals surface area contributed by atoms with Crippen LogP contribution < -0.4 is 10.7 Å². The summed E-state index contributed by atoms with van der Waals surface area (Å²) < 4.78 is 5.35. The van der Waals surface area contributed by atoms with Gasteiger partial charge in [-0.1, -0.05) is 18.7 Å². The maximum absolute atomic E-state index is 5.85. The van der Waals surface area contributed by atoms with Gasteiger partial charge in [-0.05, 0) is 17.7 Å². The van der Waals surface area contributed by atoms with Gasteiger partial charge in [0, 0.05) is 25.8 Å². The lowest BCUT2D eigenvalue weighted by Gasteiger charge is -2.37. The van der Waals surface area contributed by atoms with Crippen LogP contribution in [0.15, 0.2) is 24.8 Å². The van der Waals surface area contributed by atoms with Crippen LogP contribution in [0.4, 0.5) is 11.4 Å². The molecular formula is C13H19N3O. The Labute approximate surface area is 102 Å². The van der Waals surface area contributed by atoms with E-state index in [1.807, 2.05) is 31.3 Å². The number of anilines is 2. The minimum absolute atomic E-state index is 0.769. The third kappa shape index (κ3) is 2.60. The second-order valence-electron chi connectivity index (χ2n) is 4.11. The van der Waals surface area contributed by atoms with E-state index < -0.39 is 0 Å². The van der Waals surface area contributed by atoms with Gasteiger partial charge in [0.05, 0.1) is 18.9 Å². The van der Waals surface area contributed by atoms with Crippen LogP contribution in [0.3, 0.4) is 0 Å². The number of hydrogen-bond acceptors (Lipinski definition) is 4. The standard InChI is InChI=1S/C13H19N3O/c1-3-11-4-5-12(14)10-13(11)15(2)16-6-8-17-9-7-16/h3-5,10H,1,6-9,14H2,2H3. The van der Waals surface area contributed by atoms with Crippen molar-refractivity contribution in [3.05, 3.63) is 30.3 Å². The lowest BCUT2D eigenvalue weighted by Crippen LogP contribution is -2.47. The molecule has 2 rings (SSSR count). The van der Waals surface area contributed by atoms with Crippen LogP contribution in [0, 0.1) is 0 Å².